The Bertz CT molecular complexity index is 1860. The Morgan fingerprint density at radius 1 is 1.00 bits per heavy atom. The Morgan fingerprint density at radius 3 is 2.52 bits per heavy atom. The van der Waals surface area contributed by atoms with Crippen LogP contribution in [0.1, 0.15) is 57.3 Å². The minimum Gasteiger partial charge on any atom is -0.497 e. The number of rotatable bonds is 9. The van der Waals surface area contributed by atoms with Crippen LogP contribution in [-0.4, -0.2) is 64.3 Å². The Morgan fingerprint density at radius 2 is 1.81 bits per heavy atom. The third-order valence-corrected chi connectivity index (χ3v) is 9.32. The van der Waals surface area contributed by atoms with E-state index in [1.807, 2.05) is 86.5 Å². The summed E-state index contributed by atoms with van der Waals surface area (Å²) in [6.45, 7) is 6.94. The molecule has 1 amide bonds. The molecular weight excluding hydrogens is 606 g/mol. The summed E-state index contributed by atoms with van der Waals surface area (Å²) in [5, 5.41) is 9.84. The molecule has 4 aromatic rings. The molecule has 0 spiro atoms. The van der Waals surface area contributed by atoms with Crippen LogP contribution in [0.25, 0.3) is 16.5 Å². The normalized spacial score (nSPS) is 21.7. The topological polar surface area (TPSA) is 100.0 Å². The van der Waals surface area contributed by atoms with Gasteiger partial charge in [0.25, 0.3) is 0 Å². The molecule has 1 saturated carbocycles. The number of allylic oxidation sites excluding steroid dienone is 2. The van der Waals surface area contributed by atoms with E-state index in [-0.39, 0.29) is 24.3 Å². The van der Waals surface area contributed by atoms with Crippen LogP contribution >= 0.6 is 0 Å². The minimum absolute atomic E-state index is 0.00784. The van der Waals surface area contributed by atoms with Crippen LogP contribution < -0.4 is 19.5 Å². The number of hydrogen-bond acceptors (Lipinski definition) is 8. The van der Waals surface area contributed by atoms with E-state index in [4.69, 9.17) is 29.0 Å². The summed E-state index contributed by atoms with van der Waals surface area (Å²) in [5.74, 6) is 3.44. The maximum atomic E-state index is 13.3. The molecule has 1 saturated heterocycles. The van der Waals surface area contributed by atoms with Crippen LogP contribution in [0.15, 0.2) is 79.0 Å². The van der Waals surface area contributed by atoms with Crippen molar-refractivity contribution in [3.8, 4) is 17.2 Å². The van der Waals surface area contributed by atoms with Crippen LogP contribution in [0.2, 0.25) is 0 Å². The number of piperidine rings is 1. The van der Waals surface area contributed by atoms with Gasteiger partial charge in [0.05, 0.1) is 37.2 Å². The first-order valence-electron chi connectivity index (χ1n) is 16.6. The van der Waals surface area contributed by atoms with Gasteiger partial charge in [0.2, 0.25) is 0 Å². The standard InChI is InChI=1S/C38H43N5O5/c1-38(2,3)48-37(44)42-23-24-19-31(42)32(20-24)43-30-17-18-39-36(40-22-26-13-16-29(45-4)21-33(26)46-5)34(30)35(41-43)25-11-14-28(15-12-25)47-27-9-7-6-8-10-27/h6-14,16-18,21,24,28,31-32H,15,19-20,22-23H2,1-5H3,(H,39,40). The molecule has 2 aliphatic carbocycles. The van der Waals surface area contributed by atoms with Gasteiger partial charge >= 0.3 is 6.09 Å². The molecule has 1 aliphatic heterocycles. The van der Waals surface area contributed by atoms with Crippen molar-refractivity contribution in [2.45, 2.75) is 70.4 Å². The molecular formula is C38H43N5O5. The first-order chi connectivity index (χ1) is 23.2. The number of carbonyl (C=O) groups excluding carboxylic acids is 1. The van der Waals surface area contributed by atoms with E-state index in [2.05, 4.69) is 28.2 Å². The fraction of sp³-hybridized carbons (Fsp3) is 0.395. The van der Waals surface area contributed by atoms with Crippen molar-refractivity contribution in [1.29, 1.82) is 0 Å². The van der Waals surface area contributed by atoms with E-state index in [1.165, 1.54) is 0 Å². The van der Waals surface area contributed by atoms with Gasteiger partial charge in [0, 0.05) is 37.3 Å². The SMILES string of the molecule is COc1ccc(CNc2nccc3c2c(C2=CCC(Oc4ccccc4)C=C2)nn3C2CC3CC2N(C(=O)OC(C)(C)C)C3)c(OC)c1. The lowest BCUT2D eigenvalue weighted by Gasteiger charge is -2.34. The number of amides is 1. The molecule has 250 valence electrons. The zero-order valence-electron chi connectivity index (χ0n) is 28.2. The van der Waals surface area contributed by atoms with Crippen molar-refractivity contribution in [2.75, 3.05) is 26.1 Å². The van der Waals surface area contributed by atoms with Gasteiger partial charge in [0.1, 0.15) is 40.5 Å². The zero-order valence-corrected chi connectivity index (χ0v) is 28.2. The molecule has 10 heteroatoms. The Balaban J connectivity index is 1.23. The summed E-state index contributed by atoms with van der Waals surface area (Å²) in [6, 6.07) is 17.7. The number of pyridine rings is 1. The monoisotopic (exact) mass is 649 g/mol. The number of hydrogen-bond donors (Lipinski definition) is 1. The fourth-order valence-electron chi connectivity index (χ4n) is 7.18. The first kappa shape index (κ1) is 31.6. The average molecular weight is 650 g/mol. The minimum atomic E-state index is -0.555. The van der Waals surface area contributed by atoms with Gasteiger partial charge in [-0.15, -0.1) is 0 Å². The lowest BCUT2D eigenvalue weighted by Crippen LogP contribution is -2.45. The van der Waals surface area contributed by atoms with Gasteiger partial charge in [-0.2, -0.15) is 5.10 Å². The number of methoxy groups -OCH3 is 2. The van der Waals surface area contributed by atoms with Gasteiger partial charge < -0.3 is 29.2 Å². The molecule has 1 N–H and O–H groups in total. The van der Waals surface area contributed by atoms with E-state index in [0.717, 1.165) is 70.2 Å². The summed E-state index contributed by atoms with van der Waals surface area (Å²) in [4.78, 5) is 20.0. The molecule has 3 heterocycles. The van der Waals surface area contributed by atoms with Gasteiger partial charge in [-0.05, 0) is 81.5 Å². The lowest BCUT2D eigenvalue weighted by atomic mass is 10.00. The van der Waals surface area contributed by atoms with Crippen LogP contribution in [0.4, 0.5) is 10.6 Å². The van der Waals surface area contributed by atoms with Gasteiger partial charge in [0.15, 0.2) is 0 Å². The molecule has 4 unspecified atom stereocenters. The maximum Gasteiger partial charge on any atom is 0.410 e. The molecule has 0 radical (unpaired) electrons. The van der Waals surface area contributed by atoms with Crippen molar-refractivity contribution < 1.29 is 23.7 Å². The van der Waals surface area contributed by atoms with Crippen LogP contribution in [-0.2, 0) is 11.3 Å². The molecule has 3 aliphatic rings. The van der Waals surface area contributed by atoms with Gasteiger partial charge in [-0.3, -0.25) is 4.68 Å². The number of aromatic nitrogens is 3. The molecule has 4 atom stereocenters. The van der Waals surface area contributed by atoms with Gasteiger partial charge in [-0.1, -0.05) is 30.4 Å². The quantitative estimate of drug-likeness (QED) is 0.200. The number of carbonyl (C=O) groups is 1. The molecule has 2 bridgehead atoms. The second-order valence-corrected chi connectivity index (χ2v) is 13.7. The zero-order chi connectivity index (χ0) is 33.4. The summed E-state index contributed by atoms with van der Waals surface area (Å²) in [5.41, 5.74) is 3.26. The van der Waals surface area contributed by atoms with Crippen molar-refractivity contribution in [3.05, 3.63) is 90.3 Å². The highest BCUT2D eigenvalue weighted by Crippen LogP contribution is 2.47. The third-order valence-electron chi connectivity index (χ3n) is 9.32. The highest BCUT2D eigenvalue weighted by molar-refractivity contribution is 6.00. The molecule has 2 aromatic carbocycles. The molecule has 7 rings (SSSR count). The van der Waals surface area contributed by atoms with Gasteiger partial charge in [-0.25, -0.2) is 9.78 Å². The van der Waals surface area contributed by atoms with Crippen molar-refractivity contribution in [2.24, 2.45) is 5.92 Å². The summed E-state index contributed by atoms with van der Waals surface area (Å²) in [7, 11) is 3.30. The largest absolute Gasteiger partial charge is 0.497 e. The number of nitrogens with one attached hydrogen (secondary N) is 1. The number of fused-ring (bicyclic) bond motifs is 3. The molecule has 48 heavy (non-hydrogen) atoms. The molecule has 2 fully saturated rings. The first-order valence-corrected chi connectivity index (χ1v) is 16.6. The summed E-state index contributed by atoms with van der Waals surface area (Å²) in [6.07, 6.45) is 10.5. The van der Waals surface area contributed by atoms with Crippen molar-refractivity contribution in [3.63, 3.8) is 0 Å². The summed E-state index contributed by atoms with van der Waals surface area (Å²) >= 11 is 0. The van der Waals surface area contributed by atoms with Crippen LogP contribution in [0.5, 0.6) is 17.2 Å². The van der Waals surface area contributed by atoms with E-state index in [0.29, 0.717) is 18.9 Å². The van der Waals surface area contributed by atoms with Crippen molar-refractivity contribution >= 4 is 28.4 Å². The summed E-state index contributed by atoms with van der Waals surface area (Å²) < 4.78 is 25.2. The number of benzene rings is 2. The lowest BCUT2D eigenvalue weighted by molar-refractivity contribution is 0.0136. The van der Waals surface area contributed by atoms with Crippen molar-refractivity contribution in [1.82, 2.24) is 19.7 Å². The van der Waals surface area contributed by atoms with Crippen LogP contribution in [0.3, 0.4) is 0 Å². The number of likely N-dealkylation sites (tertiary alicyclic amines) is 1. The Hall–Kier alpha value is -4.99. The molecule has 2 aromatic heterocycles. The second kappa shape index (κ2) is 12.9. The highest BCUT2D eigenvalue weighted by Gasteiger charge is 2.49. The number of nitrogens with zero attached hydrogens (tertiary/aromatic N) is 4. The Kier molecular flexibility index (Phi) is 8.49. The average Bonchev–Trinajstić information content (AvgIpc) is 3.81. The predicted octanol–water partition coefficient (Wildman–Crippen LogP) is 7.42. The third kappa shape index (κ3) is 6.31. The number of ether oxygens (including phenoxy) is 4. The van der Waals surface area contributed by atoms with E-state index in [9.17, 15) is 4.79 Å². The number of anilines is 1. The van der Waals surface area contributed by atoms with Crippen LogP contribution in [0, 0.1) is 5.92 Å². The fourth-order valence-corrected chi connectivity index (χ4v) is 7.18. The highest BCUT2D eigenvalue weighted by atomic mass is 16.6. The van der Waals surface area contributed by atoms with E-state index in [1.54, 1.807) is 14.2 Å². The smallest absolute Gasteiger partial charge is 0.410 e. The number of para-hydroxylation sites is 1. The van der Waals surface area contributed by atoms with E-state index < -0.39 is 5.60 Å². The second-order valence-electron chi connectivity index (χ2n) is 13.7. The van der Waals surface area contributed by atoms with E-state index >= 15 is 0 Å². The molecule has 10 nitrogen and oxygen atoms in total. The predicted molar refractivity (Wildman–Crippen MR) is 185 cm³/mol. The Labute approximate surface area is 281 Å². The maximum absolute atomic E-state index is 13.3.